The summed E-state index contributed by atoms with van der Waals surface area (Å²) >= 11 is 0. The smallest absolute Gasteiger partial charge is 0.326 e. The molecule has 0 saturated carbocycles. The molecule has 6 rings (SSSR count). The van der Waals surface area contributed by atoms with Gasteiger partial charge >= 0.3 is 11.7 Å². The summed E-state index contributed by atoms with van der Waals surface area (Å²) in [7, 11) is 0. The number of hydrogen-bond acceptors (Lipinski definition) is 5. The number of aromatic nitrogens is 4. The first-order chi connectivity index (χ1) is 19.9. The number of anilines is 1. The fraction of sp³-hybridized carbons (Fsp3) is 0.367. The molecule has 4 aromatic rings. The summed E-state index contributed by atoms with van der Waals surface area (Å²) in [6, 6.07) is 11.4. The molecule has 10 nitrogen and oxygen atoms in total. The quantitative estimate of drug-likeness (QED) is 0.395. The van der Waals surface area contributed by atoms with Crippen molar-refractivity contribution in [1.82, 2.24) is 29.7 Å². The summed E-state index contributed by atoms with van der Waals surface area (Å²) < 4.78 is 16.8. The molecule has 3 aromatic heterocycles. The summed E-state index contributed by atoms with van der Waals surface area (Å²) in [5.74, 6) is -0.712. The molecule has 0 radical (unpaired) electrons. The van der Waals surface area contributed by atoms with Crippen molar-refractivity contribution >= 4 is 28.8 Å². The van der Waals surface area contributed by atoms with Crippen LogP contribution >= 0.6 is 0 Å². The third kappa shape index (κ3) is 5.19. The lowest BCUT2D eigenvalue weighted by Crippen LogP contribution is -2.53. The van der Waals surface area contributed by atoms with Crippen molar-refractivity contribution in [3.05, 3.63) is 88.5 Å². The number of rotatable bonds is 4. The summed E-state index contributed by atoms with van der Waals surface area (Å²) in [6.07, 6.45) is 7.00. The number of hydrogen-bond donors (Lipinski definition) is 2. The van der Waals surface area contributed by atoms with E-state index in [-0.39, 0.29) is 35.4 Å². The topological polar surface area (TPSA) is 116 Å². The van der Waals surface area contributed by atoms with Crippen molar-refractivity contribution < 1.29 is 14.0 Å². The maximum absolute atomic E-state index is 15.1. The molecule has 2 atom stereocenters. The molecule has 2 aliphatic heterocycles. The normalized spacial score (nSPS) is 20.3. The van der Waals surface area contributed by atoms with E-state index in [0.29, 0.717) is 67.8 Å². The number of nitrogens with zero attached hydrogens (tertiary/aromatic N) is 5. The van der Waals surface area contributed by atoms with Gasteiger partial charge in [-0.1, -0.05) is 18.2 Å². The minimum absolute atomic E-state index is 0.0591. The summed E-state index contributed by atoms with van der Waals surface area (Å²) in [5, 5.41) is 2.97. The number of imidazole rings is 1. The van der Waals surface area contributed by atoms with E-state index in [4.69, 9.17) is 0 Å². The number of likely N-dealkylation sites (tertiary alicyclic amines) is 1. The Bertz CT molecular complexity index is 1630. The van der Waals surface area contributed by atoms with Crippen LogP contribution in [0.3, 0.4) is 0 Å². The van der Waals surface area contributed by atoms with Gasteiger partial charge in [0.05, 0.1) is 5.52 Å². The number of pyridine rings is 2. The highest BCUT2D eigenvalue weighted by Gasteiger charge is 2.36. The minimum atomic E-state index is -0.756. The zero-order valence-corrected chi connectivity index (χ0v) is 22.8. The van der Waals surface area contributed by atoms with Crippen molar-refractivity contribution in [3.8, 4) is 0 Å². The number of carbonyl (C=O) groups excluding carboxylic acids is 2. The number of fused-ring (bicyclic) bond motifs is 1. The maximum atomic E-state index is 15.1. The van der Waals surface area contributed by atoms with E-state index in [1.807, 2.05) is 12.1 Å². The van der Waals surface area contributed by atoms with Crippen LogP contribution in [0.1, 0.15) is 48.8 Å². The van der Waals surface area contributed by atoms with Crippen LogP contribution in [-0.4, -0.2) is 62.0 Å². The van der Waals surface area contributed by atoms with Gasteiger partial charge in [0, 0.05) is 55.9 Å². The van der Waals surface area contributed by atoms with Crippen molar-refractivity contribution in [3.63, 3.8) is 0 Å². The third-order valence-corrected chi connectivity index (χ3v) is 8.31. The number of aryl methyl sites for hydroxylation is 1. The number of H-pyrrole nitrogens is 1. The van der Waals surface area contributed by atoms with Crippen LogP contribution in [0, 0.1) is 12.7 Å². The lowest BCUT2D eigenvalue weighted by molar-refractivity contribution is -0.120. The number of aromatic amines is 1. The number of halogens is 1. The van der Waals surface area contributed by atoms with Crippen molar-refractivity contribution in [1.29, 1.82) is 0 Å². The zero-order chi connectivity index (χ0) is 28.5. The fourth-order valence-corrected chi connectivity index (χ4v) is 6.10. The van der Waals surface area contributed by atoms with Crippen molar-refractivity contribution in [2.24, 2.45) is 0 Å². The zero-order valence-electron chi connectivity index (χ0n) is 22.8. The SMILES string of the molecule is Cc1cccc([C@@H]2CC[C@@H](NC(=O)N3CCC(n4c(=O)[nH]c5ncccc54)CC3)C(=O)N(c3ccncc3)C2)c1F. The number of benzene rings is 1. The molecule has 41 heavy (non-hydrogen) atoms. The van der Waals surface area contributed by atoms with E-state index in [1.165, 1.54) is 0 Å². The third-order valence-electron chi connectivity index (χ3n) is 8.31. The Kier molecular flexibility index (Phi) is 7.25. The summed E-state index contributed by atoms with van der Waals surface area (Å²) in [4.78, 5) is 54.2. The van der Waals surface area contributed by atoms with Gasteiger partial charge in [0.1, 0.15) is 11.9 Å². The van der Waals surface area contributed by atoms with Gasteiger partial charge in [-0.2, -0.15) is 0 Å². The molecule has 212 valence electrons. The molecule has 3 amide bonds. The first kappa shape index (κ1) is 26.7. The Labute approximate surface area is 236 Å². The van der Waals surface area contributed by atoms with Gasteiger partial charge in [-0.15, -0.1) is 0 Å². The van der Waals surface area contributed by atoms with Crippen LogP contribution in [0.15, 0.2) is 65.8 Å². The number of carbonyl (C=O) groups is 2. The maximum Gasteiger partial charge on any atom is 0.327 e. The van der Waals surface area contributed by atoms with Gasteiger partial charge in [-0.25, -0.2) is 19.0 Å². The number of amides is 3. The lowest BCUT2D eigenvalue weighted by atomic mass is 9.92. The van der Waals surface area contributed by atoms with Crippen LogP contribution in [0.2, 0.25) is 0 Å². The van der Waals surface area contributed by atoms with E-state index >= 15 is 4.39 Å². The molecular formula is C30H32FN7O3. The molecule has 2 N–H and O–H groups in total. The van der Waals surface area contributed by atoms with E-state index in [2.05, 4.69) is 20.3 Å². The predicted octanol–water partition coefficient (Wildman–Crippen LogP) is 3.89. The average Bonchev–Trinajstić information content (AvgIpc) is 3.25. The van der Waals surface area contributed by atoms with E-state index in [9.17, 15) is 14.4 Å². The molecule has 5 heterocycles. The second-order valence-corrected chi connectivity index (χ2v) is 10.8. The van der Waals surface area contributed by atoms with E-state index in [0.717, 1.165) is 5.52 Å². The molecular weight excluding hydrogens is 525 g/mol. The second kappa shape index (κ2) is 11.1. The van der Waals surface area contributed by atoms with Crippen LogP contribution in [0.25, 0.3) is 11.2 Å². The average molecular weight is 558 g/mol. The number of urea groups is 1. The van der Waals surface area contributed by atoms with Crippen LogP contribution in [0.4, 0.5) is 14.9 Å². The molecule has 0 unspecified atom stereocenters. The molecule has 11 heteroatoms. The number of piperidine rings is 1. The summed E-state index contributed by atoms with van der Waals surface area (Å²) in [5.41, 5.74) is 2.89. The lowest BCUT2D eigenvalue weighted by Gasteiger charge is -2.34. The van der Waals surface area contributed by atoms with E-state index < -0.39 is 6.04 Å². The van der Waals surface area contributed by atoms with Gasteiger partial charge in [0.2, 0.25) is 5.91 Å². The predicted molar refractivity (Wildman–Crippen MR) is 152 cm³/mol. The minimum Gasteiger partial charge on any atom is -0.326 e. The van der Waals surface area contributed by atoms with Crippen LogP contribution in [-0.2, 0) is 4.79 Å². The highest BCUT2D eigenvalue weighted by Crippen LogP contribution is 2.32. The molecule has 0 spiro atoms. The Morgan fingerprint density at radius 2 is 1.78 bits per heavy atom. The molecule has 2 saturated heterocycles. The van der Waals surface area contributed by atoms with Crippen molar-refractivity contribution in [2.75, 3.05) is 24.5 Å². The van der Waals surface area contributed by atoms with Gasteiger partial charge in [-0.05, 0) is 68.0 Å². The monoisotopic (exact) mass is 557 g/mol. The molecule has 0 aliphatic carbocycles. The van der Waals surface area contributed by atoms with E-state index in [1.54, 1.807) is 70.2 Å². The molecule has 2 fully saturated rings. The Morgan fingerprint density at radius 3 is 2.56 bits per heavy atom. The van der Waals surface area contributed by atoms with Gasteiger partial charge in [-0.3, -0.25) is 19.3 Å². The fourth-order valence-electron chi connectivity index (χ4n) is 6.10. The highest BCUT2D eigenvalue weighted by atomic mass is 19.1. The van der Waals surface area contributed by atoms with Gasteiger partial charge in [0.15, 0.2) is 5.65 Å². The Morgan fingerprint density at radius 1 is 1.00 bits per heavy atom. The molecule has 0 bridgehead atoms. The first-order valence-corrected chi connectivity index (χ1v) is 14.0. The number of nitrogens with one attached hydrogen (secondary N) is 2. The second-order valence-electron chi connectivity index (χ2n) is 10.8. The molecule has 2 aliphatic rings. The Balaban J connectivity index is 1.17. The van der Waals surface area contributed by atoms with Crippen LogP contribution in [0.5, 0.6) is 0 Å². The first-order valence-electron chi connectivity index (χ1n) is 14.0. The van der Waals surface area contributed by atoms with Gasteiger partial charge < -0.3 is 15.1 Å². The Hall–Kier alpha value is -4.54. The van der Waals surface area contributed by atoms with Crippen LogP contribution < -0.4 is 15.9 Å². The standard InChI is InChI=1S/C30H32FN7O3/c1-19-4-2-5-23(26(19)31)20-7-8-24(28(39)37(18-20)21-9-14-32-15-10-21)34-29(40)36-16-11-22(12-17-36)38-25-6-3-13-33-27(25)35-30(38)41/h2-6,9-10,13-15,20,22,24H,7-8,11-12,16-18H2,1H3,(H,34,40)(H,33,35,41)/t20-,24-/m1/s1. The van der Waals surface area contributed by atoms with Gasteiger partial charge in [0.25, 0.3) is 0 Å². The van der Waals surface area contributed by atoms with Crippen molar-refractivity contribution in [2.45, 2.75) is 50.6 Å². The highest BCUT2D eigenvalue weighted by molar-refractivity contribution is 5.99. The molecule has 1 aromatic carbocycles. The summed E-state index contributed by atoms with van der Waals surface area (Å²) in [6.45, 7) is 2.93. The largest absolute Gasteiger partial charge is 0.327 e.